The molecule has 1 saturated carbocycles. The van der Waals surface area contributed by atoms with E-state index in [1.807, 2.05) is 0 Å². The first-order valence-electron chi connectivity index (χ1n) is 13.1. The summed E-state index contributed by atoms with van der Waals surface area (Å²) in [5, 5.41) is 3.01. The molecule has 1 N–H and O–H groups in total. The Kier molecular flexibility index (Phi) is 9.34. The predicted molar refractivity (Wildman–Crippen MR) is 141 cm³/mol. The molecule has 9 heteroatoms. The highest BCUT2D eigenvalue weighted by atomic mass is 32.2. The monoisotopic (exact) mass is 531 g/mol. The van der Waals surface area contributed by atoms with E-state index in [1.54, 1.807) is 0 Å². The van der Waals surface area contributed by atoms with E-state index in [2.05, 4.69) is 54.6 Å². The van der Waals surface area contributed by atoms with Crippen LogP contribution in [0, 0.1) is 17.7 Å². The summed E-state index contributed by atoms with van der Waals surface area (Å²) in [4.78, 5) is 14.8. The van der Waals surface area contributed by atoms with Gasteiger partial charge in [0.25, 0.3) is 0 Å². The van der Waals surface area contributed by atoms with Gasteiger partial charge in [0.05, 0.1) is 11.0 Å². The van der Waals surface area contributed by atoms with Gasteiger partial charge in [0, 0.05) is 25.7 Å². The molecule has 2 aliphatic rings. The molecule has 7 nitrogen and oxygen atoms in total. The van der Waals surface area contributed by atoms with Crippen LogP contribution in [0.1, 0.15) is 43.7 Å². The van der Waals surface area contributed by atoms with E-state index in [-0.39, 0.29) is 30.1 Å². The lowest BCUT2D eigenvalue weighted by atomic mass is 9.76. The molecule has 202 valence electrons. The summed E-state index contributed by atoms with van der Waals surface area (Å²) in [7, 11) is 0.587. The van der Waals surface area contributed by atoms with Gasteiger partial charge in [-0.2, -0.15) is 4.31 Å². The third-order valence-corrected chi connectivity index (χ3v) is 9.51. The Morgan fingerprint density at radius 1 is 1.05 bits per heavy atom. The van der Waals surface area contributed by atoms with Crippen LogP contribution in [0.4, 0.5) is 4.39 Å². The number of hydrogen-bond acceptors (Lipinski definition) is 5. The smallest absolute Gasteiger partial charge is 0.246 e. The maximum absolute atomic E-state index is 13.1. The highest BCUT2D eigenvalue weighted by Gasteiger charge is 2.34. The Morgan fingerprint density at radius 2 is 1.73 bits per heavy atom. The number of amides is 1. The fourth-order valence-corrected chi connectivity index (χ4v) is 7.15. The van der Waals surface area contributed by atoms with Gasteiger partial charge in [0.15, 0.2) is 0 Å². The van der Waals surface area contributed by atoms with Crippen LogP contribution >= 0.6 is 0 Å². The van der Waals surface area contributed by atoms with Crippen LogP contribution in [0.5, 0.6) is 0 Å². The molecule has 2 unspecified atom stereocenters. The van der Waals surface area contributed by atoms with Crippen molar-refractivity contribution in [3.8, 4) is 0 Å². The highest BCUT2D eigenvalue weighted by molar-refractivity contribution is 7.89. The molecular weight excluding hydrogens is 493 g/mol. The van der Waals surface area contributed by atoms with Gasteiger partial charge < -0.3 is 15.0 Å². The van der Waals surface area contributed by atoms with Gasteiger partial charge in [-0.05, 0) is 87.9 Å². The number of rotatable bonds is 10. The molecule has 37 heavy (non-hydrogen) atoms. The lowest BCUT2D eigenvalue weighted by Gasteiger charge is -2.37. The van der Waals surface area contributed by atoms with Gasteiger partial charge in [-0.1, -0.05) is 30.3 Å². The molecule has 0 radical (unpaired) electrons. The van der Waals surface area contributed by atoms with Crippen LogP contribution in [0.3, 0.4) is 0 Å². The van der Waals surface area contributed by atoms with Crippen molar-refractivity contribution >= 4 is 15.9 Å². The molecule has 2 fully saturated rings. The van der Waals surface area contributed by atoms with Crippen molar-refractivity contribution in [2.45, 2.75) is 49.1 Å². The number of nitrogens with zero attached hydrogens (tertiary/aromatic N) is 2. The molecule has 1 heterocycles. The summed E-state index contributed by atoms with van der Waals surface area (Å²) in [5.74, 6) is 0.411. The third kappa shape index (κ3) is 7.16. The summed E-state index contributed by atoms with van der Waals surface area (Å²) >= 11 is 0. The lowest BCUT2D eigenvalue weighted by Crippen LogP contribution is -2.37. The van der Waals surface area contributed by atoms with Gasteiger partial charge >= 0.3 is 0 Å². The largest absolute Gasteiger partial charge is 0.367 e. The van der Waals surface area contributed by atoms with Gasteiger partial charge in [0.2, 0.25) is 15.9 Å². The number of hydrogen-bond donors (Lipinski definition) is 1. The second kappa shape index (κ2) is 12.5. The Labute approximate surface area is 220 Å². The molecular formula is C28H38FN3O4S. The van der Waals surface area contributed by atoms with Crippen LogP contribution in [0.15, 0.2) is 59.5 Å². The first-order valence-corrected chi connectivity index (χ1v) is 14.5. The zero-order valence-corrected chi connectivity index (χ0v) is 22.5. The maximum atomic E-state index is 13.1. The van der Waals surface area contributed by atoms with Gasteiger partial charge in [0.1, 0.15) is 12.4 Å². The minimum absolute atomic E-state index is 0.0580. The molecule has 1 aliphatic heterocycles. The zero-order valence-electron chi connectivity index (χ0n) is 21.7. The summed E-state index contributed by atoms with van der Waals surface area (Å²) in [6, 6.07) is 15.9. The number of ether oxygens (including phenoxy) is 1. The van der Waals surface area contributed by atoms with Crippen LogP contribution in [0.2, 0.25) is 0 Å². The summed E-state index contributed by atoms with van der Waals surface area (Å²) < 4.78 is 45.7. The quantitative estimate of drug-likeness (QED) is 0.504. The molecule has 2 aromatic rings. The minimum Gasteiger partial charge on any atom is -0.367 e. The maximum Gasteiger partial charge on any atom is 0.246 e. The van der Waals surface area contributed by atoms with Crippen molar-refractivity contribution in [3.63, 3.8) is 0 Å². The molecule has 0 bridgehead atoms. The van der Waals surface area contributed by atoms with Crippen molar-refractivity contribution in [3.05, 3.63) is 66.0 Å². The van der Waals surface area contributed by atoms with Crippen molar-refractivity contribution in [1.82, 2.24) is 14.5 Å². The molecule has 1 aliphatic carbocycles. The number of nitrogens with one attached hydrogen (secondary N) is 1. The molecule has 0 aromatic heterocycles. The highest BCUT2D eigenvalue weighted by Crippen LogP contribution is 2.39. The molecule has 4 rings (SSSR count). The van der Waals surface area contributed by atoms with E-state index in [0.29, 0.717) is 37.4 Å². The number of carbonyl (C=O) groups is 1. The fourth-order valence-electron chi connectivity index (χ4n) is 5.66. The van der Waals surface area contributed by atoms with Gasteiger partial charge in [-0.25, -0.2) is 12.8 Å². The van der Waals surface area contributed by atoms with E-state index >= 15 is 0 Å². The van der Waals surface area contributed by atoms with E-state index in [1.165, 1.54) is 22.0 Å². The zero-order chi connectivity index (χ0) is 26.4. The van der Waals surface area contributed by atoms with E-state index in [0.717, 1.165) is 37.8 Å². The van der Waals surface area contributed by atoms with Crippen molar-refractivity contribution in [2.75, 3.05) is 40.3 Å². The summed E-state index contributed by atoms with van der Waals surface area (Å²) in [5.41, 5.74) is 1.36. The lowest BCUT2D eigenvalue weighted by molar-refractivity contribution is -0.127. The average Bonchev–Trinajstić information content (AvgIpc) is 3.38. The van der Waals surface area contributed by atoms with Crippen molar-refractivity contribution in [2.24, 2.45) is 11.8 Å². The molecule has 1 saturated heterocycles. The second-order valence-corrected chi connectivity index (χ2v) is 12.4. The SMILES string of the molecule is CN(C)C(c1ccccc1)C1CCC(CNC(=O)COC2CCN(S(=O)(=O)c3ccc(F)cc3)C2)CC1. The van der Waals surface area contributed by atoms with E-state index in [4.69, 9.17) is 4.74 Å². The first-order chi connectivity index (χ1) is 17.7. The van der Waals surface area contributed by atoms with Crippen molar-refractivity contribution < 1.29 is 22.3 Å². The van der Waals surface area contributed by atoms with Crippen LogP contribution in [-0.2, 0) is 19.6 Å². The van der Waals surface area contributed by atoms with Crippen molar-refractivity contribution in [1.29, 1.82) is 0 Å². The predicted octanol–water partition coefficient (Wildman–Crippen LogP) is 3.83. The van der Waals surface area contributed by atoms with Gasteiger partial charge in [-0.3, -0.25) is 4.79 Å². The molecule has 2 aromatic carbocycles. The van der Waals surface area contributed by atoms with Crippen LogP contribution in [-0.4, -0.2) is 70.0 Å². The molecule has 1 amide bonds. The normalized spacial score (nSPS) is 23.7. The third-order valence-electron chi connectivity index (χ3n) is 7.63. The summed E-state index contributed by atoms with van der Waals surface area (Å²) in [6.45, 7) is 1.06. The Balaban J connectivity index is 1.17. The standard InChI is InChI=1S/C28H38FN3O4S/c1-31(2)28(22-6-4-3-5-7-22)23-10-8-21(9-11-23)18-30-27(33)20-36-25-16-17-32(19-25)37(34,35)26-14-12-24(29)13-15-26/h3-7,12-15,21,23,25,28H,8-11,16-20H2,1-2H3,(H,30,33). The number of carbonyl (C=O) groups excluding carboxylic acids is 1. The average molecular weight is 532 g/mol. The number of benzene rings is 2. The Hall–Kier alpha value is -2.33. The van der Waals surface area contributed by atoms with E-state index in [9.17, 15) is 17.6 Å². The molecule has 2 atom stereocenters. The Morgan fingerprint density at radius 3 is 2.38 bits per heavy atom. The van der Waals surface area contributed by atoms with E-state index < -0.39 is 15.8 Å². The topological polar surface area (TPSA) is 79.0 Å². The minimum atomic E-state index is -3.70. The molecule has 0 spiro atoms. The van der Waals surface area contributed by atoms with Gasteiger partial charge in [-0.15, -0.1) is 0 Å². The Bertz CT molecular complexity index is 1120. The van der Waals surface area contributed by atoms with Crippen LogP contribution < -0.4 is 5.32 Å². The summed E-state index contributed by atoms with van der Waals surface area (Å²) in [6.07, 6.45) is 4.62. The fraction of sp³-hybridized carbons (Fsp3) is 0.536. The second-order valence-electron chi connectivity index (χ2n) is 10.4. The number of halogens is 1. The van der Waals surface area contributed by atoms with Crippen LogP contribution in [0.25, 0.3) is 0 Å². The first kappa shape index (κ1) is 27.7. The number of sulfonamides is 1.